The molecule has 20 heavy (non-hydrogen) atoms. The maximum Gasteiger partial charge on any atom is 0.402 e. The summed E-state index contributed by atoms with van der Waals surface area (Å²) >= 11 is 0. The van der Waals surface area contributed by atoms with E-state index in [0.29, 0.717) is 5.69 Å². The van der Waals surface area contributed by atoms with Crippen LogP contribution in [0.5, 0.6) is 0 Å². The molecule has 112 valence electrons. The summed E-state index contributed by atoms with van der Waals surface area (Å²) in [7, 11) is 0. The monoisotopic (exact) mass is 287 g/mol. The molecule has 0 radical (unpaired) electrons. The van der Waals surface area contributed by atoms with Gasteiger partial charge in [-0.3, -0.25) is 4.79 Å². The van der Waals surface area contributed by atoms with Crippen LogP contribution in [0.4, 0.5) is 18.9 Å². The van der Waals surface area contributed by atoms with Gasteiger partial charge in [0.2, 0.25) is 5.91 Å². The van der Waals surface area contributed by atoms with E-state index in [-0.39, 0.29) is 12.8 Å². The number of carbonyl (C=O) groups is 1. The second kappa shape index (κ2) is 5.85. The van der Waals surface area contributed by atoms with E-state index in [2.05, 4.69) is 5.32 Å². The fraction of sp³-hybridized carbons (Fsp3) is 0.533. The zero-order chi connectivity index (χ0) is 15.6. The number of hydrogen-bond acceptors (Lipinski definition) is 1. The Hall–Kier alpha value is -1.52. The van der Waals surface area contributed by atoms with Crippen molar-refractivity contribution >= 4 is 11.6 Å². The third-order valence-corrected chi connectivity index (χ3v) is 3.36. The first-order chi connectivity index (χ1) is 9.10. The van der Waals surface area contributed by atoms with Crippen LogP contribution in [-0.4, -0.2) is 12.1 Å². The lowest BCUT2D eigenvalue weighted by Gasteiger charge is -2.30. The van der Waals surface area contributed by atoms with Crippen molar-refractivity contribution in [3.05, 3.63) is 29.3 Å². The van der Waals surface area contributed by atoms with Crippen LogP contribution in [-0.2, 0) is 4.79 Å². The molecule has 0 bridgehead atoms. The molecule has 1 N–H and O–H groups in total. The van der Waals surface area contributed by atoms with Gasteiger partial charge in [0, 0.05) is 5.69 Å². The third kappa shape index (κ3) is 3.52. The highest BCUT2D eigenvalue weighted by atomic mass is 19.4. The summed E-state index contributed by atoms with van der Waals surface area (Å²) in [6.45, 7) is 6.25. The van der Waals surface area contributed by atoms with Crippen LogP contribution in [0, 0.1) is 19.3 Å². The number of halogens is 3. The van der Waals surface area contributed by atoms with E-state index in [9.17, 15) is 18.0 Å². The highest BCUT2D eigenvalue weighted by molar-refractivity contribution is 5.95. The van der Waals surface area contributed by atoms with Gasteiger partial charge in [-0.1, -0.05) is 19.4 Å². The molecule has 1 amide bonds. The Bertz CT molecular complexity index is 476. The molecule has 1 aromatic rings. The summed E-state index contributed by atoms with van der Waals surface area (Å²) in [4.78, 5) is 12.1. The molecule has 1 atom stereocenters. The Morgan fingerprint density at radius 1 is 1.15 bits per heavy atom. The summed E-state index contributed by atoms with van der Waals surface area (Å²) in [5.74, 6) is -1.00. The number of rotatable bonds is 4. The zero-order valence-corrected chi connectivity index (χ0v) is 12.2. The number of hydrogen-bond donors (Lipinski definition) is 1. The van der Waals surface area contributed by atoms with E-state index in [1.807, 2.05) is 19.9 Å². The molecule has 0 spiro atoms. The molecule has 1 unspecified atom stereocenters. The van der Waals surface area contributed by atoms with Gasteiger partial charge in [0.05, 0.1) is 0 Å². The minimum atomic E-state index is -4.56. The lowest BCUT2D eigenvalue weighted by Crippen LogP contribution is -2.45. The fourth-order valence-electron chi connectivity index (χ4n) is 2.20. The average Bonchev–Trinajstić information content (AvgIpc) is 2.25. The van der Waals surface area contributed by atoms with Gasteiger partial charge in [-0.2, -0.15) is 13.2 Å². The van der Waals surface area contributed by atoms with Gasteiger partial charge in [0.25, 0.3) is 0 Å². The Morgan fingerprint density at radius 3 is 2.05 bits per heavy atom. The topological polar surface area (TPSA) is 29.1 Å². The smallest absolute Gasteiger partial charge is 0.325 e. The zero-order valence-electron chi connectivity index (χ0n) is 12.2. The third-order valence-electron chi connectivity index (χ3n) is 3.36. The van der Waals surface area contributed by atoms with Crippen molar-refractivity contribution in [1.82, 2.24) is 0 Å². The number of aryl methyl sites for hydroxylation is 2. The van der Waals surface area contributed by atoms with Crippen molar-refractivity contribution in [2.24, 2.45) is 5.41 Å². The van der Waals surface area contributed by atoms with Crippen LogP contribution < -0.4 is 5.32 Å². The van der Waals surface area contributed by atoms with Crippen LogP contribution >= 0.6 is 0 Å². The van der Waals surface area contributed by atoms with Crippen LogP contribution in [0.25, 0.3) is 0 Å². The van der Waals surface area contributed by atoms with Gasteiger partial charge in [-0.25, -0.2) is 0 Å². The molecule has 0 aliphatic rings. The molecule has 5 heteroatoms. The highest BCUT2D eigenvalue weighted by Crippen LogP contribution is 2.42. The first-order valence-electron chi connectivity index (χ1n) is 6.56. The van der Waals surface area contributed by atoms with Gasteiger partial charge in [0.15, 0.2) is 0 Å². The molecule has 0 saturated carbocycles. The lowest BCUT2D eigenvalue weighted by atomic mass is 9.83. The van der Waals surface area contributed by atoms with E-state index in [0.717, 1.165) is 18.1 Å². The Kier molecular flexibility index (Phi) is 4.84. The van der Waals surface area contributed by atoms with Gasteiger partial charge >= 0.3 is 6.18 Å². The summed E-state index contributed by atoms with van der Waals surface area (Å²) < 4.78 is 39.4. The number of amides is 1. The molecule has 1 rings (SSSR count). The normalized spacial score (nSPS) is 14.8. The molecule has 0 heterocycles. The molecule has 2 nitrogen and oxygen atoms in total. The van der Waals surface area contributed by atoms with E-state index in [1.165, 1.54) is 0 Å². The first kappa shape index (κ1) is 16.5. The molecule has 0 aromatic heterocycles. The lowest BCUT2D eigenvalue weighted by molar-refractivity contribution is -0.215. The predicted molar refractivity (Wildman–Crippen MR) is 73.6 cm³/mol. The minimum absolute atomic E-state index is 0.229. The van der Waals surface area contributed by atoms with Crippen molar-refractivity contribution in [2.45, 2.75) is 46.7 Å². The second-order valence-corrected chi connectivity index (χ2v) is 5.41. The Morgan fingerprint density at radius 2 is 1.65 bits per heavy atom. The molecular weight excluding hydrogens is 267 g/mol. The van der Waals surface area contributed by atoms with Crippen molar-refractivity contribution < 1.29 is 18.0 Å². The summed E-state index contributed by atoms with van der Waals surface area (Å²) in [5.41, 5.74) is -0.174. The summed E-state index contributed by atoms with van der Waals surface area (Å²) in [6.07, 6.45) is -4.50. The SMILES string of the molecule is CCCC(C)(C(=O)Nc1cc(C)cc(C)c1)C(F)(F)F. The fourth-order valence-corrected chi connectivity index (χ4v) is 2.20. The van der Waals surface area contributed by atoms with Crippen LogP contribution in [0.1, 0.15) is 37.8 Å². The van der Waals surface area contributed by atoms with E-state index >= 15 is 0 Å². The molecule has 0 fully saturated rings. The standard InChI is InChI=1S/C15H20F3NO/c1-5-6-14(4,15(16,17)18)13(20)19-12-8-10(2)7-11(3)9-12/h7-9H,5-6H2,1-4H3,(H,19,20). The Balaban J connectivity index is 3.03. The molecule has 0 saturated heterocycles. The van der Waals surface area contributed by atoms with Crippen LogP contribution in [0.2, 0.25) is 0 Å². The largest absolute Gasteiger partial charge is 0.402 e. The van der Waals surface area contributed by atoms with Crippen molar-refractivity contribution in [2.75, 3.05) is 5.32 Å². The first-order valence-corrected chi connectivity index (χ1v) is 6.56. The number of benzene rings is 1. The van der Waals surface area contributed by atoms with E-state index < -0.39 is 17.5 Å². The quantitative estimate of drug-likeness (QED) is 0.860. The van der Waals surface area contributed by atoms with E-state index in [1.54, 1.807) is 19.1 Å². The van der Waals surface area contributed by atoms with Crippen molar-refractivity contribution in [3.63, 3.8) is 0 Å². The number of anilines is 1. The maximum atomic E-state index is 13.1. The highest BCUT2D eigenvalue weighted by Gasteiger charge is 2.55. The number of alkyl halides is 3. The van der Waals surface area contributed by atoms with Crippen LogP contribution in [0.3, 0.4) is 0 Å². The summed E-state index contributed by atoms with van der Waals surface area (Å²) in [6, 6.07) is 5.21. The number of carbonyl (C=O) groups excluding carboxylic acids is 1. The van der Waals surface area contributed by atoms with Gasteiger partial charge in [0.1, 0.15) is 5.41 Å². The van der Waals surface area contributed by atoms with E-state index in [4.69, 9.17) is 0 Å². The second-order valence-electron chi connectivity index (χ2n) is 5.41. The van der Waals surface area contributed by atoms with Crippen molar-refractivity contribution in [1.29, 1.82) is 0 Å². The van der Waals surface area contributed by atoms with Gasteiger partial charge < -0.3 is 5.32 Å². The molecule has 0 aliphatic heterocycles. The molecule has 0 aliphatic carbocycles. The average molecular weight is 287 g/mol. The maximum absolute atomic E-state index is 13.1. The van der Waals surface area contributed by atoms with Crippen molar-refractivity contribution in [3.8, 4) is 0 Å². The minimum Gasteiger partial charge on any atom is -0.325 e. The van der Waals surface area contributed by atoms with Gasteiger partial charge in [-0.15, -0.1) is 0 Å². The van der Waals surface area contributed by atoms with Gasteiger partial charge in [-0.05, 0) is 50.5 Å². The summed E-state index contributed by atoms with van der Waals surface area (Å²) in [5, 5.41) is 2.40. The molecular formula is C15H20F3NO. The van der Waals surface area contributed by atoms with Crippen LogP contribution in [0.15, 0.2) is 18.2 Å². The predicted octanol–water partition coefficient (Wildman–Crippen LogP) is 4.61. The molecule has 1 aromatic carbocycles. The Labute approximate surface area is 117 Å². The number of nitrogens with one attached hydrogen (secondary N) is 1.